The van der Waals surface area contributed by atoms with Crippen molar-refractivity contribution in [1.29, 1.82) is 0 Å². The Morgan fingerprint density at radius 2 is 1.36 bits per heavy atom. The first kappa shape index (κ1) is 37.4. The van der Waals surface area contributed by atoms with E-state index in [-0.39, 0.29) is 17.7 Å². The van der Waals surface area contributed by atoms with Crippen LogP contribution in [0, 0.1) is 0 Å². The fourth-order valence-electron chi connectivity index (χ4n) is 4.78. The molecule has 250 valence electrons. The molecule has 6 nitrogen and oxygen atoms in total. The number of benzene rings is 4. The number of rotatable bonds is 16. The van der Waals surface area contributed by atoms with E-state index in [0.717, 1.165) is 33.4 Å². The summed E-state index contributed by atoms with van der Waals surface area (Å²) in [5.74, 6) is 1.27. The quantitative estimate of drug-likeness (QED) is 0.0831. The van der Waals surface area contributed by atoms with E-state index in [1.165, 1.54) is 34.1 Å². The normalized spacial score (nSPS) is 12.6. The second-order valence-corrected chi connectivity index (χ2v) is 16.4. The first-order valence-electron chi connectivity index (χ1n) is 14.8. The van der Waals surface area contributed by atoms with Gasteiger partial charge in [0.25, 0.3) is 0 Å². The van der Waals surface area contributed by atoms with Gasteiger partial charge in [0, 0.05) is 35.8 Å². The number of alkyl halides is 2. The summed E-state index contributed by atoms with van der Waals surface area (Å²) in [6.45, 7) is 2.66. The molecule has 12 heteroatoms. The minimum absolute atomic E-state index is 0.136. The zero-order valence-electron chi connectivity index (χ0n) is 26.5. The van der Waals surface area contributed by atoms with Gasteiger partial charge in [-0.05, 0) is 59.4 Å². The molecule has 4 rings (SSSR count). The predicted octanol–water partition coefficient (Wildman–Crippen LogP) is 11.1. The summed E-state index contributed by atoms with van der Waals surface area (Å²) in [5, 5.41) is 0.473. The summed E-state index contributed by atoms with van der Waals surface area (Å²) >= 11 is 4.87. The van der Waals surface area contributed by atoms with Crippen LogP contribution in [0.15, 0.2) is 95.5 Å². The van der Waals surface area contributed by atoms with Crippen LogP contribution >= 0.6 is 42.9 Å². The molecule has 0 bridgehead atoms. The minimum atomic E-state index is -4.70. The second-order valence-electron chi connectivity index (χ2n) is 10.3. The highest BCUT2D eigenvalue weighted by molar-refractivity contribution is 9.10. The van der Waals surface area contributed by atoms with Crippen LogP contribution in [0.25, 0.3) is 23.3 Å². The molecule has 0 N–H and O–H groups in total. The van der Waals surface area contributed by atoms with Gasteiger partial charge in [0.2, 0.25) is 0 Å². The largest absolute Gasteiger partial charge is 0.404 e. The molecule has 0 unspecified atom stereocenters. The molecule has 0 fully saturated rings. The van der Waals surface area contributed by atoms with E-state index in [9.17, 15) is 9.13 Å². The second kappa shape index (κ2) is 16.8. The molecule has 0 heterocycles. The summed E-state index contributed by atoms with van der Waals surface area (Å²) in [7, 11) is -5.51. The van der Waals surface area contributed by atoms with Crippen LogP contribution in [-0.4, -0.2) is 27.4 Å². The summed E-state index contributed by atoms with van der Waals surface area (Å²) in [5.41, 5.74) is 1.21. The lowest BCUT2D eigenvalue weighted by molar-refractivity contribution is 0.0354. The summed E-state index contributed by atoms with van der Waals surface area (Å²) in [6, 6.07) is 28.1. The maximum atomic E-state index is 15.3. The van der Waals surface area contributed by atoms with Crippen molar-refractivity contribution in [2.45, 2.75) is 31.0 Å². The molecule has 47 heavy (non-hydrogen) atoms. The predicted molar refractivity (Wildman–Crippen MR) is 192 cm³/mol. The van der Waals surface area contributed by atoms with Crippen LogP contribution in [0.1, 0.15) is 41.7 Å². The smallest absolute Gasteiger partial charge is 0.309 e. The van der Waals surface area contributed by atoms with Gasteiger partial charge in [0.05, 0.1) is 18.5 Å². The molecular formula is C35H37BrF2O6P2S. The highest BCUT2D eigenvalue weighted by Gasteiger charge is 2.55. The van der Waals surface area contributed by atoms with Crippen LogP contribution in [0.2, 0.25) is 0 Å². The fraction of sp³-hybridized carbons (Fsp3) is 0.257. The van der Waals surface area contributed by atoms with Crippen LogP contribution in [0.3, 0.4) is 0 Å². The Kier molecular flexibility index (Phi) is 13.4. The number of hydrogen-bond donors (Lipinski definition) is 0. The third kappa shape index (κ3) is 9.00. The Labute approximate surface area is 288 Å². The van der Waals surface area contributed by atoms with Gasteiger partial charge in [-0.15, -0.1) is 0 Å². The molecule has 0 aliphatic carbocycles. The van der Waals surface area contributed by atoms with Crippen molar-refractivity contribution in [2.24, 2.45) is 0 Å². The standard InChI is InChI=1S/C35H37BrF2O6P2S/c1-5-43-46(40,44-6-2)35(37,38)32-21-15-28(22-33(32)36)25-47-24-27-13-16-29(17-14-27)31-20-19-30(18-12-26-10-8-7-9-11-26)34(23-31)45(39,41-3)42-4/h7-23H,5-6,24-25H2,1-4H3/b18-12+. The molecule has 0 aliphatic heterocycles. The number of thioether (sulfide) groups is 1. The Morgan fingerprint density at radius 3 is 1.96 bits per heavy atom. The van der Waals surface area contributed by atoms with E-state index < -0.39 is 26.4 Å². The average Bonchev–Trinajstić information content (AvgIpc) is 3.08. The van der Waals surface area contributed by atoms with Crippen molar-refractivity contribution in [3.8, 4) is 11.1 Å². The van der Waals surface area contributed by atoms with Gasteiger partial charge in [-0.2, -0.15) is 20.5 Å². The van der Waals surface area contributed by atoms with Crippen molar-refractivity contribution < 1.29 is 36.0 Å². The van der Waals surface area contributed by atoms with Crippen molar-refractivity contribution in [3.63, 3.8) is 0 Å². The lowest BCUT2D eigenvalue weighted by atomic mass is 10.0. The van der Waals surface area contributed by atoms with E-state index in [1.54, 1.807) is 23.9 Å². The van der Waals surface area contributed by atoms with Gasteiger partial charge >= 0.3 is 20.9 Å². The molecule has 0 amide bonds. The van der Waals surface area contributed by atoms with E-state index >= 15 is 8.78 Å². The summed E-state index contributed by atoms with van der Waals surface area (Å²) < 4.78 is 77.5. The molecule has 0 aliphatic rings. The van der Waals surface area contributed by atoms with E-state index in [0.29, 0.717) is 16.8 Å². The Balaban J connectivity index is 1.46. The Hall–Kier alpha value is -2.39. The highest BCUT2D eigenvalue weighted by Crippen LogP contribution is 2.67. The van der Waals surface area contributed by atoms with Crippen LogP contribution in [0.4, 0.5) is 8.78 Å². The van der Waals surface area contributed by atoms with Gasteiger partial charge in [0.1, 0.15) is 0 Å². The van der Waals surface area contributed by atoms with Gasteiger partial charge in [-0.25, -0.2) is 0 Å². The van der Waals surface area contributed by atoms with Crippen molar-refractivity contribution >= 4 is 60.3 Å². The minimum Gasteiger partial charge on any atom is -0.309 e. The Bertz CT molecular complexity index is 1750. The van der Waals surface area contributed by atoms with Crippen molar-refractivity contribution in [2.75, 3.05) is 27.4 Å². The Morgan fingerprint density at radius 1 is 0.766 bits per heavy atom. The van der Waals surface area contributed by atoms with Crippen LogP contribution in [-0.2, 0) is 44.4 Å². The van der Waals surface area contributed by atoms with Crippen molar-refractivity contribution in [3.05, 3.63) is 123 Å². The number of hydrogen-bond acceptors (Lipinski definition) is 7. The van der Waals surface area contributed by atoms with E-state index in [2.05, 4.69) is 15.9 Å². The lowest BCUT2D eigenvalue weighted by Gasteiger charge is -2.26. The maximum absolute atomic E-state index is 15.3. The zero-order valence-corrected chi connectivity index (χ0v) is 30.7. The summed E-state index contributed by atoms with van der Waals surface area (Å²) in [4.78, 5) is 0. The third-order valence-electron chi connectivity index (χ3n) is 7.19. The summed E-state index contributed by atoms with van der Waals surface area (Å²) in [6.07, 6.45) is 3.85. The lowest BCUT2D eigenvalue weighted by Crippen LogP contribution is -2.19. The van der Waals surface area contributed by atoms with E-state index in [1.807, 2.05) is 84.9 Å². The molecule has 0 aromatic heterocycles. The molecule has 0 atom stereocenters. The molecule has 0 saturated carbocycles. The first-order chi connectivity index (χ1) is 22.5. The van der Waals surface area contributed by atoms with Gasteiger partial charge in [-0.1, -0.05) is 107 Å². The topological polar surface area (TPSA) is 71.1 Å². The highest BCUT2D eigenvalue weighted by atomic mass is 79.9. The molecule has 4 aromatic rings. The third-order valence-corrected chi connectivity index (χ3v) is 13.0. The molecule has 4 aromatic carbocycles. The van der Waals surface area contributed by atoms with Gasteiger partial charge in [-0.3, -0.25) is 9.13 Å². The maximum Gasteiger partial charge on any atom is 0.404 e. The van der Waals surface area contributed by atoms with Crippen molar-refractivity contribution in [1.82, 2.24) is 0 Å². The first-order valence-corrected chi connectivity index (χ1v) is 19.9. The van der Waals surface area contributed by atoms with Gasteiger partial charge in [0.15, 0.2) is 0 Å². The molecule has 0 spiro atoms. The molecule has 0 radical (unpaired) electrons. The monoisotopic (exact) mass is 764 g/mol. The SMILES string of the molecule is CCOP(=O)(OCC)C(F)(F)c1ccc(CSCc2ccc(-c3ccc(/C=C/c4ccccc4)c(P(=O)(OC)OC)c3)cc2)cc1Br. The van der Waals surface area contributed by atoms with Gasteiger partial charge < -0.3 is 18.1 Å². The molecular weight excluding hydrogens is 728 g/mol. The molecule has 0 saturated heterocycles. The number of halogens is 3. The zero-order chi connectivity index (χ0) is 34.1. The average molecular weight is 766 g/mol. The fourth-order valence-corrected chi connectivity index (χ4v) is 9.43. The van der Waals surface area contributed by atoms with Crippen LogP contribution in [0.5, 0.6) is 0 Å². The van der Waals surface area contributed by atoms with E-state index in [4.69, 9.17) is 18.1 Å². The van der Waals surface area contributed by atoms with Crippen LogP contribution < -0.4 is 5.30 Å².